The summed E-state index contributed by atoms with van der Waals surface area (Å²) in [6.07, 6.45) is 1.78. The molecule has 8 heteroatoms. The maximum atomic E-state index is 12.1. The standard InChI is InChI=1S/C18H22N2O6/c1-2-25-16(22)12-15(21)19-10-6-3-7-11-26-20-17(23)13-8-4-5-9-14(13)18(20)24/h4-5,8-9H,2-3,6-7,10-12H2,1H3,(H,19,21). The monoisotopic (exact) mass is 362 g/mol. The fourth-order valence-electron chi connectivity index (χ4n) is 2.48. The largest absolute Gasteiger partial charge is 0.466 e. The Balaban J connectivity index is 1.58. The molecular weight excluding hydrogens is 340 g/mol. The average Bonchev–Trinajstić information content (AvgIpc) is 2.86. The summed E-state index contributed by atoms with van der Waals surface area (Å²) in [4.78, 5) is 52.0. The predicted octanol–water partition coefficient (Wildman–Crippen LogP) is 1.45. The number of hydroxylamine groups is 2. The van der Waals surface area contributed by atoms with Crippen LogP contribution in [0.15, 0.2) is 24.3 Å². The molecule has 8 nitrogen and oxygen atoms in total. The molecule has 0 saturated carbocycles. The Kier molecular flexibility index (Phi) is 7.28. The van der Waals surface area contributed by atoms with E-state index in [1.165, 1.54) is 0 Å². The van der Waals surface area contributed by atoms with Crippen molar-refractivity contribution in [3.8, 4) is 0 Å². The summed E-state index contributed by atoms with van der Waals surface area (Å²) in [6, 6.07) is 6.59. The molecule has 0 spiro atoms. The van der Waals surface area contributed by atoms with Crippen molar-refractivity contribution < 1.29 is 28.8 Å². The second-order valence-corrected chi connectivity index (χ2v) is 5.68. The minimum absolute atomic E-state index is 0.224. The molecule has 0 fully saturated rings. The minimum atomic E-state index is -0.542. The molecule has 26 heavy (non-hydrogen) atoms. The van der Waals surface area contributed by atoms with Crippen LogP contribution in [0.5, 0.6) is 0 Å². The fourth-order valence-corrected chi connectivity index (χ4v) is 2.48. The van der Waals surface area contributed by atoms with E-state index in [0.717, 1.165) is 11.5 Å². The molecule has 0 unspecified atom stereocenters. The highest BCUT2D eigenvalue weighted by atomic mass is 16.7. The number of fused-ring (bicyclic) bond motifs is 1. The van der Waals surface area contributed by atoms with Crippen LogP contribution < -0.4 is 5.32 Å². The Morgan fingerprint density at radius 3 is 2.31 bits per heavy atom. The third kappa shape index (κ3) is 5.13. The lowest BCUT2D eigenvalue weighted by molar-refractivity contribution is -0.145. The quantitative estimate of drug-likeness (QED) is 0.293. The molecule has 1 N–H and O–H groups in total. The van der Waals surface area contributed by atoms with E-state index in [-0.39, 0.29) is 25.5 Å². The lowest BCUT2D eigenvalue weighted by Gasteiger charge is -2.13. The van der Waals surface area contributed by atoms with Gasteiger partial charge in [0.15, 0.2) is 0 Å². The number of unbranched alkanes of at least 4 members (excludes halogenated alkanes) is 2. The highest BCUT2D eigenvalue weighted by Crippen LogP contribution is 2.22. The number of ether oxygens (including phenoxy) is 1. The number of esters is 1. The predicted molar refractivity (Wildman–Crippen MR) is 91.0 cm³/mol. The molecule has 1 aromatic carbocycles. The zero-order valence-corrected chi connectivity index (χ0v) is 14.7. The Bertz CT molecular complexity index is 653. The second kappa shape index (κ2) is 9.67. The van der Waals surface area contributed by atoms with Crippen molar-refractivity contribution in [2.24, 2.45) is 0 Å². The van der Waals surface area contributed by atoms with Crippen molar-refractivity contribution in [2.75, 3.05) is 19.8 Å². The molecule has 0 saturated heterocycles. The van der Waals surface area contributed by atoms with Gasteiger partial charge in [-0.15, -0.1) is 5.06 Å². The van der Waals surface area contributed by atoms with Crippen LogP contribution in [0.2, 0.25) is 0 Å². The Labute approximate surface area is 151 Å². The smallest absolute Gasteiger partial charge is 0.315 e. The van der Waals surface area contributed by atoms with Crippen molar-refractivity contribution in [2.45, 2.75) is 32.6 Å². The molecule has 0 atom stereocenters. The van der Waals surface area contributed by atoms with Gasteiger partial charge in [0.05, 0.1) is 24.3 Å². The Hall–Kier alpha value is -2.74. The summed E-state index contributed by atoms with van der Waals surface area (Å²) in [5.41, 5.74) is 0.698. The fraction of sp³-hybridized carbons (Fsp3) is 0.444. The third-order valence-corrected chi connectivity index (χ3v) is 3.73. The molecule has 1 aliphatic rings. The number of nitrogens with one attached hydrogen (secondary N) is 1. The van der Waals surface area contributed by atoms with Crippen molar-refractivity contribution in [1.29, 1.82) is 0 Å². The number of imide groups is 1. The highest BCUT2D eigenvalue weighted by molar-refractivity contribution is 6.20. The molecule has 3 amide bonds. The van der Waals surface area contributed by atoms with Gasteiger partial charge in [0.1, 0.15) is 6.42 Å². The van der Waals surface area contributed by atoms with E-state index in [4.69, 9.17) is 4.84 Å². The molecule has 0 radical (unpaired) electrons. The van der Waals surface area contributed by atoms with Crippen molar-refractivity contribution >= 4 is 23.7 Å². The van der Waals surface area contributed by atoms with Crippen LogP contribution in [-0.4, -0.2) is 48.5 Å². The molecular formula is C18H22N2O6. The van der Waals surface area contributed by atoms with Gasteiger partial charge in [-0.2, -0.15) is 0 Å². The van der Waals surface area contributed by atoms with Crippen molar-refractivity contribution in [3.63, 3.8) is 0 Å². The van der Waals surface area contributed by atoms with Gasteiger partial charge in [-0.25, -0.2) is 0 Å². The number of nitrogens with zero attached hydrogens (tertiary/aromatic N) is 1. The van der Waals surface area contributed by atoms with E-state index in [0.29, 0.717) is 30.5 Å². The van der Waals surface area contributed by atoms with E-state index in [9.17, 15) is 19.2 Å². The number of benzene rings is 1. The lowest BCUT2D eigenvalue weighted by atomic mass is 10.1. The van der Waals surface area contributed by atoms with E-state index >= 15 is 0 Å². The summed E-state index contributed by atoms with van der Waals surface area (Å²) in [5, 5.41) is 3.43. The van der Waals surface area contributed by atoms with Gasteiger partial charge < -0.3 is 10.1 Å². The molecule has 1 aromatic rings. The van der Waals surface area contributed by atoms with Crippen LogP contribution in [0.4, 0.5) is 0 Å². The minimum Gasteiger partial charge on any atom is -0.466 e. The average molecular weight is 362 g/mol. The summed E-state index contributed by atoms with van der Waals surface area (Å²) in [7, 11) is 0. The van der Waals surface area contributed by atoms with Crippen LogP contribution in [0, 0.1) is 0 Å². The molecule has 2 rings (SSSR count). The van der Waals surface area contributed by atoms with Gasteiger partial charge in [-0.3, -0.25) is 24.0 Å². The van der Waals surface area contributed by atoms with Gasteiger partial charge in [-0.05, 0) is 38.3 Å². The highest BCUT2D eigenvalue weighted by Gasteiger charge is 2.36. The third-order valence-electron chi connectivity index (χ3n) is 3.73. The first-order valence-electron chi connectivity index (χ1n) is 8.57. The molecule has 1 aliphatic heterocycles. The van der Waals surface area contributed by atoms with E-state index < -0.39 is 17.8 Å². The van der Waals surface area contributed by atoms with Crippen LogP contribution in [-0.2, 0) is 19.2 Å². The number of amides is 3. The number of hydrogen-bond donors (Lipinski definition) is 1. The lowest BCUT2D eigenvalue weighted by Crippen LogP contribution is -2.30. The summed E-state index contributed by atoms with van der Waals surface area (Å²) >= 11 is 0. The van der Waals surface area contributed by atoms with Crippen LogP contribution in [0.25, 0.3) is 0 Å². The SMILES string of the molecule is CCOC(=O)CC(=O)NCCCCCON1C(=O)c2ccccc2C1=O. The first kappa shape index (κ1) is 19.6. The van der Waals surface area contributed by atoms with Gasteiger partial charge in [-0.1, -0.05) is 12.1 Å². The normalized spacial score (nSPS) is 12.9. The number of carbonyl (C=O) groups excluding carboxylic acids is 4. The molecule has 140 valence electrons. The summed E-state index contributed by atoms with van der Waals surface area (Å²) < 4.78 is 4.69. The molecule has 0 aliphatic carbocycles. The number of carbonyl (C=O) groups is 4. The molecule has 0 aromatic heterocycles. The van der Waals surface area contributed by atoms with E-state index in [1.54, 1.807) is 31.2 Å². The first-order chi connectivity index (χ1) is 12.5. The van der Waals surface area contributed by atoms with Gasteiger partial charge >= 0.3 is 5.97 Å². The Morgan fingerprint density at radius 1 is 1.04 bits per heavy atom. The Morgan fingerprint density at radius 2 is 1.69 bits per heavy atom. The second-order valence-electron chi connectivity index (χ2n) is 5.68. The van der Waals surface area contributed by atoms with Crippen LogP contribution in [0.3, 0.4) is 0 Å². The zero-order chi connectivity index (χ0) is 18.9. The zero-order valence-electron chi connectivity index (χ0n) is 14.7. The summed E-state index contributed by atoms with van der Waals surface area (Å²) in [5.74, 6) is -1.81. The number of hydrogen-bond acceptors (Lipinski definition) is 6. The van der Waals surface area contributed by atoms with E-state index in [1.807, 2.05) is 0 Å². The number of rotatable bonds is 10. The first-order valence-corrected chi connectivity index (χ1v) is 8.57. The maximum Gasteiger partial charge on any atom is 0.315 e. The van der Waals surface area contributed by atoms with Crippen LogP contribution in [0.1, 0.15) is 53.3 Å². The topological polar surface area (TPSA) is 102 Å². The van der Waals surface area contributed by atoms with Gasteiger partial charge in [0.25, 0.3) is 11.8 Å². The van der Waals surface area contributed by atoms with Crippen molar-refractivity contribution in [3.05, 3.63) is 35.4 Å². The van der Waals surface area contributed by atoms with E-state index in [2.05, 4.69) is 10.1 Å². The maximum absolute atomic E-state index is 12.1. The van der Waals surface area contributed by atoms with Crippen molar-refractivity contribution in [1.82, 2.24) is 10.4 Å². The molecule has 0 bridgehead atoms. The molecule has 1 heterocycles. The van der Waals surface area contributed by atoms with Gasteiger partial charge in [0, 0.05) is 6.54 Å². The summed E-state index contributed by atoms with van der Waals surface area (Å²) in [6.45, 7) is 2.59. The van der Waals surface area contributed by atoms with Gasteiger partial charge in [0.2, 0.25) is 5.91 Å². The van der Waals surface area contributed by atoms with Crippen LogP contribution >= 0.6 is 0 Å².